The second-order valence-corrected chi connectivity index (χ2v) is 4.55. The van der Waals surface area contributed by atoms with E-state index in [-0.39, 0.29) is 18.1 Å². The molecule has 0 saturated carbocycles. The van der Waals surface area contributed by atoms with Gasteiger partial charge in [0, 0.05) is 11.7 Å². The van der Waals surface area contributed by atoms with Crippen molar-refractivity contribution in [2.45, 2.75) is 19.5 Å². The van der Waals surface area contributed by atoms with Crippen LogP contribution in [0.2, 0.25) is 5.02 Å². The van der Waals surface area contributed by atoms with Gasteiger partial charge < -0.3 is 15.1 Å². The number of halogens is 1. The number of carbonyl (C=O) groups excluding carboxylic acids is 1. The Hall–Kier alpha value is -1.65. The summed E-state index contributed by atoms with van der Waals surface area (Å²) in [6, 6.07) is 6.71. The number of hydrogen-bond acceptors (Lipinski definition) is 3. The molecular weight excluding hydrogens is 252 g/mol. The molecule has 2 rings (SSSR count). The number of aromatic nitrogens is 1. The monoisotopic (exact) mass is 264 g/mol. The van der Waals surface area contributed by atoms with Crippen molar-refractivity contribution in [2.75, 3.05) is 0 Å². The summed E-state index contributed by atoms with van der Waals surface area (Å²) in [5, 5.41) is 1.54. The maximum atomic E-state index is 12.3. The van der Waals surface area contributed by atoms with Gasteiger partial charge in [0.1, 0.15) is 6.29 Å². The lowest BCUT2D eigenvalue weighted by atomic mass is 10.1. The van der Waals surface area contributed by atoms with Crippen LogP contribution in [0.15, 0.2) is 29.1 Å². The molecule has 0 aliphatic rings. The van der Waals surface area contributed by atoms with Crippen molar-refractivity contribution in [1.29, 1.82) is 0 Å². The minimum Gasteiger partial charge on any atom is -0.323 e. The maximum absolute atomic E-state index is 12.3. The van der Waals surface area contributed by atoms with Crippen LogP contribution in [0, 0.1) is 0 Å². The van der Waals surface area contributed by atoms with Gasteiger partial charge in [-0.25, -0.2) is 0 Å². The number of hydrogen-bond donors (Lipinski definition) is 1. The Balaban J connectivity index is 2.90. The first-order valence-electron chi connectivity index (χ1n) is 5.57. The minimum atomic E-state index is -0.332. The largest absolute Gasteiger partial charge is 0.323 e. The molecule has 0 amide bonds. The highest BCUT2D eigenvalue weighted by Gasteiger charge is 2.13. The number of nitrogens with two attached hydrogens (primary N) is 1. The number of nitrogens with zero attached hydrogens (tertiary/aromatic N) is 1. The van der Waals surface area contributed by atoms with Crippen LogP contribution in [-0.2, 0) is 11.3 Å². The van der Waals surface area contributed by atoms with Crippen molar-refractivity contribution in [1.82, 2.24) is 4.57 Å². The molecule has 1 unspecified atom stereocenters. The molecule has 4 nitrogen and oxygen atoms in total. The Morgan fingerprint density at radius 3 is 2.83 bits per heavy atom. The summed E-state index contributed by atoms with van der Waals surface area (Å²) in [6.45, 7) is 1.75. The predicted molar refractivity (Wildman–Crippen MR) is 71.9 cm³/mol. The molecule has 0 aliphatic heterocycles. The zero-order valence-corrected chi connectivity index (χ0v) is 10.6. The molecule has 0 spiro atoms. The molecule has 0 fully saturated rings. The first kappa shape index (κ1) is 12.8. The molecular formula is C13H13ClN2O2. The van der Waals surface area contributed by atoms with Crippen LogP contribution in [0.5, 0.6) is 0 Å². The molecule has 0 bridgehead atoms. The van der Waals surface area contributed by atoms with Gasteiger partial charge >= 0.3 is 0 Å². The van der Waals surface area contributed by atoms with Gasteiger partial charge in [-0.3, -0.25) is 4.79 Å². The van der Waals surface area contributed by atoms with Gasteiger partial charge in [-0.15, -0.1) is 0 Å². The van der Waals surface area contributed by atoms with Crippen LogP contribution in [0.1, 0.15) is 18.7 Å². The van der Waals surface area contributed by atoms with Crippen molar-refractivity contribution < 1.29 is 4.79 Å². The topological polar surface area (TPSA) is 65.1 Å². The van der Waals surface area contributed by atoms with Gasteiger partial charge in [0.15, 0.2) is 0 Å². The standard InChI is InChI=1S/C13H13ClN2O2/c1-8(15)11-7-9-3-2-4-10(14)12(9)13(18)16(11)5-6-17/h2-4,6-8H,5,15H2,1H3. The van der Waals surface area contributed by atoms with Crippen LogP contribution in [0.4, 0.5) is 0 Å². The van der Waals surface area contributed by atoms with Gasteiger partial charge in [-0.2, -0.15) is 0 Å². The molecule has 2 N–H and O–H groups in total. The summed E-state index contributed by atoms with van der Waals surface area (Å²) in [5.74, 6) is 0. The molecule has 2 aromatic rings. The fraction of sp³-hybridized carbons (Fsp3) is 0.231. The third-order valence-corrected chi connectivity index (χ3v) is 3.16. The molecule has 1 aromatic carbocycles. The van der Waals surface area contributed by atoms with Crippen molar-refractivity contribution in [2.24, 2.45) is 5.73 Å². The van der Waals surface area contributed by atoms with Gasteiger partial charge in [0.25, 0.3) is 5.56 Å². The molecule has 1 aromatic heterocycles. The molecule has 94 valence electrons. The summed E-state index contributed by atoms with van der Waals surface area (Å²) in [6.07, 6.45) is 0.677. The Bertz CT molecular complexity index is 662. The second-order valence-electron chi connectivity index (χ2n) is 4.14. The van der Waals surface area contributed by atoms with E-state index < -0.39 is 0 Å². The summed E-state index contributed by atoms with van der Waals surface area (Å²) in [5.41, 5.74) is 6.18. The van der Waals surface area contributed by atoms with Crippen molar-refractivity contribution >= 4 is 28.7 Å². The number of carbonyl (C=O) groups is 1. The minimum absolute atomic E-state index is 0.0170. The number of pyridine rings is 1. The lowest BCUT2D eigenvalue weighted by Crippen LogP contribution is -2.27. The van der Waals surface area contributed by atoms with E-state index in [0.29, 0.717) is 22.4 Å². The summed E-state index contributed by atoms with van der Waals surface area (Å²) < 4.78 is 1.37. The Morgan fingerprint density at radius 2 is 2.22 bits per heavy atom. The van der Waals surface area contributed by atoms with Crippen molar-refractivity contribution in [3.63, 3.8) is 0 Å². The SMILES string of the molecule is CC(N)c1cc2cccc(Cl)c2c(=O)n1CC=O. The highest BCUT2D eigenvalue weighted by Crippen LogP contribution is 2.22. The number of aldehydes is 1. The molecule has 0 saturated heterocycles. The van der Waals surface area contributed by atoms with Crippen LogP contribution in [0.3, 0.4) is 0 Å². The van der Waals surface area contributed by atoms with Gasteiger partial charge in [0.2, 0.25) is 0 Å². The third-order valence-electron chi connectivity index (χ3n) is 2.84. The average molecular weight is 265 g/mol. The van der Waals surface area contributed by atoms with Crippen LogP contribution < -0.4 is 11.3 Å². The number of benzene rings is 1. The lowest BCUT2D eigenvalue weighted by molar-refractivity contribution is -0.108. The summed E-state index contributed by atoms with van der Waals surface area (Å²) >= 11 is 6.03. The van der Waals surface area contributed by atoms with E-state index in [1.807, 2.05) is 0 Å². The lowest BCUT2D eigenvalue weighted by Gasteiger charge is -2.15. The zero-order chi connectivity index (χ0) is 13.3. The highest BCUT2D eigenvalue weighted by molar-refractivity contribution is 6.35. The van der Waals surface area contributed by atoms with E-state index in [1.165, 1.54) is 4.57 Å². The molecule has 5 heteroatoms. The summed E-state index contributed by atoms with van der Waals surface area (Å²) in [7, 11) is 0. The first-order chi connectivity index (χ1) is 8.56. The van der Waals surface area contributed by atoms with E-state index >= 15 is 0 Å². The van der Waals surface area contributed by atoms with Gasteiger partial charge in [-0.1, -0.05) is 23.7 Å². The van der Waals surface area contributed by atoms with Crippen LogP contribution in [0.25, 0.3) is 10.8 Å². The fourth-order valence-corrected chi connectivity index (χ4v) is 2.28. The summed E-state index contributed by atoms with van der Waals surface area (Å²) in [4.78, 5) is 23.0. The van der Waals surface area contributed by atoms with E-state index in [0.717, 1.165) is 5.39 Å². The highest BCUT2D eigenvalue weighted by atomic mass is 35.5. The van der Waals surface area contributed by atoms with E-state index in [2.05, 4.69) is 0 Å². The number of rotatable bonds is 3. The molecule has 1 heterocycles. The Morgan fingerprint density at radius 1 is 1.50 bits per heavy atom. The Labute approximate surface area is 109 Å². The number of fused-ring (bicyclic) bond motifs is 1. The third kappa shape index (κ3) is 2.05. The average Bonchev–Trinajstić information content (AvgIpc) is 2.32. The van der Waals surface area contributed by atoms with E-state index in [9.17, 15) is 9.59 Å². The quantitative estimate of drug-likeness (QED) is 0.861. The predicted octanol–water partition coefficient (Wildman–Crippen LogP) is 1.87. The van der Waals surface area contributed by atoms with Crippen LogP contribution >= 0.6 is 11.6 Å². The van der Waals surface area contributed by atoms with Gasteiger partial charge in [0.05, 0.1) is 17.0 Å². The van der Waals surface area contributed by atoms with Crippen molar-refractivity contribution in [3.05, 3.63) is 45.3 Å². The second kappa shape index (κ2) is 4.92. The molecule has 0 aliphatic carbocycles. The maximum Gasteiger partial charge on any atom is 0.260 e. The van der Waals surface area contributed by atoms with Gasteiger partial charge in [-0.05, 0) is 24.4 Å². The van der Waals surface area contributed by atoms with Crippen molar-refractivity contribution in [3.8, 4) is 0 Å². The smallest absolute Gasteiger partial charge is 0.260 e. The normalized spacial score (nSPS) is 12.6. The molecule has 1 atom stereocenters. The fourth-order valence-electron chi connectivity index (χ4n) is 2.02. The van der Waals surface area contributed by atoms with E-state index in [4.69, 9.17) is 17.3 Å². The molecule has 0 radical (unpaired) electrons. The zero-order valence-electron chi connectivity index (χ0n) is 9.89. The Kier molecular flexibility index (Phi) is 3.50. The van der Waals surface area contributed by atoms with E-state index in [1.54, 1.807) is 31.2 Å². The van der Waals surface area contributed by atoms with Crippen LogP contribution in [-0.4, -0.2) is 10.9 Å². The molecule has 18 heavy (non-hydrogen) atoms. The first-order valence-corrected chi connectivity index (χ1v) is 5.95.